The van der Waals surface area contributed by atoms with E-state index in [1.54, 1.807) is 0 Å². The molecule has 2 nitrogen and oxygen atoms in total. The lowest BCUT2D eigenvalue weighted by molar-refractivity contribution is 0.223. The Kier molecular flexibility index (Phi) is 7.92. The standard InChI is InChI=1S/C16H34N2/c1-5-8-15-9-7-11-18(12-10-15)13-16(14(3)4)17-6-2/h14-17H,5-13H2,1-4H3. The Morgan fingerprint density at radius 3 is 2.56 bits per heavy atom. The molecule has 0 bridgehead atoms. The molecule has 0 radical (unpaired) electrons. The molecule has 0 spiro atoms. The van der Waals surface area contributed by atoms with Gasteiger partial charge in [0.05, 0.1) is 0 Å². The molecule has 1 aliphatic rings. The summed E-state index contributed by atoms with van der Waals surface area (Å²) >= 11 is 0. The monoisotopic (exact) mass is 254 g/mol. The Balaban J connectivity index is 2.37. The molecule has 0 aromatic carbocycles. The average molecular weight is 254 g/mol. The van der Waals surface area contributed by atoms with E-state index in [0.29, 0.717) is 6.04 Å². The number of nitrogens with one attached hydrogen (secondary N) is 1. The highest BCUT2D eigenvalue weighted by Gasteiger charge is 2.20. The van der Waals surface area contributed by atoms with Crippen molar-refractivity contribution in [1.82, 2.24) is 10.2 Å². The highest BCUT2D eigenvalue weighted by atomic mass is 15.1. The lowest BCUT2D eigenvalue weighted by Crippen LogP contribution is -2.44. The largest absolute Gasteiger partial charge is 0.313 e. The molecule has 1 N–H and O–H groups in total. The van der Waals surface area contributed by atoms with Crippen molar-refractivity contribution < 1.29 is 0 Å². The van der Waals surface area contributed by atoms with Gasteiger partial charge in [-0.3, -0.25) is 0 Å². The normalized spacial score (nSPS) is 24.2. The highest BCUT2D eigenvalue weighted by molar-refractivity contribution is 4.77. The van der Waals surface area contributed by atoms with Crippen LogP contribution in [0.5, 0.6) is 0 Å². The molecular weight excluding hydrogens is 220 g/mol. The molecule has 0 aromatic rings. The van der Waals surface area contributed by atoms with Gasteiger partial charge in [0, 0.05) is 12.6 Å². The fourth-order valence-electron chi connectivity index (χ4n) is 3.16. The van der Waals surface area contributed by atoms with Gasteiger partial charge in [0.1, 0.15) is 0 Å². The Morgan fingerprint density at radius 2 is 1.94 bits per heavy atom. The maximum absolute atomic E-state index is 3.64. The van der Waals surface area contributed by atoms with Crippen molar-refractivity contribution in [3.63, 3.8) is 0 Å². The summed E-state index contributed by atoms with van der Waals surface area (Å²) in [4.78, 5) is 2.70. The molecule has 1 fully saturated rings. The van der Waals surface area contributed by atoms with E-state index in [4.69, 9.17) is 0 Å². The molecule has 1 heterocycles. The topological polar surface area (TPSA) is 15.3 Å². The third-order valence-electron chi connectivity index (χ3n) is 4.36. The van der Waals surface area contributed by atoms with Crippen LogP contribution in [0.15, 0.2) is 0 Å². The second-order valence-corrected chi connectivity index (χ2v) is 6.29. The molecular formula is C16H34N2. The third-order valence-corrected chi connectivity index (χ3v) is 4.36. The van der Waals surface area contributed by atoms with Gasteiger partial charge in [-0.15, -0.1) is 0 Å². The smallest absolute Gasteiger partial charge is 0.0217 e. The van der Waals surface area contributed by atoms with Crippen LogP contribution in [0, 0.1) is 11.8 Å². The molecule has 2 atom stereocenters. The fraction of sp³-hybridized carbons (Fsp3) is 1.00. The van der Waals surface area contributed by atoms with Crippen LogP contribution in [0.3, 0.4) is 0 Å². The quantitative estimate of drug-likeness (QED) is 0.748. The van der Waals surface area contributed by atoms with Gasteiger partial charge in [-0.25, -0.2) is 0 Å². The Labute approximate surface area is 115 Å². The lowest BCUT2D eigenvalue weighted by Gasteiger charge is -2.29. The molecule has 2 heteroatoms. The highest BCUT2D eigenvalue weighted by Crippen LogP contribution is 2.22. The Hall–Kier alpha value is -0.0800. The van der Waals surface area contributed by atoms with E-state index in [9.17, 15) is 0 Å². The Morgan fingerprint density at radius 1 is 1.17 bits per heavy atom. The summed E-state index contributed by atoms with van der Waals surface area (Å²) in [5, 5.41) is 3.64. The number of nitrogens with zero attached hydrogens (tertiary/aromatic N) is 1. The number of hydrogen-bond acceptors (Lipinski definition) is 2. The van der Waals surface area contributed by atoms with Crippen LogP contribution in [0.1, 0.15) is 59.8 Å². The third kappa shape index (κ3) is 5.71. The predicted octanol–water partition coefficient (Wildman–Crippen LogP) is 3.52. The first-order valence-corrected chi connectivity index (χ1v) is 8.13. The summed E-state index contributed by atoms with van der Waals surface area (Å²) in [6.45, 7) is 14.2. The van der Waals surface area contributed by atoms with Gasteiger partial charge in [-0.2, -0.15) is 0 Å². The van der Waals surface area contributed by atoms with Crippen LogP contribution in [-0.4, -0.2) is 37.1 Å². The number of hydrogen-bond donors (Lipinski definition) is 1. The van der Waals surface area contributed by atoms with Crippen molar-refractivity contribution in [3.05, 3.63) is 0 Å². The van der Waals surface area contributed by atoms with Gasteiger partial charge in [0.2, 0.25) is 0 Å². The molecule has 0 aliphatic carbocycles. The first-order chi connectivity index (χ1) is 8.67. The zero-order valence-corrected chi connectivity index (χ0v) is 13.0. The van der Waals surface area contributed by atoms with Crippen molar-refractivity contribution in [3.8, 4) is 0 Å². The molecule has 2 unspecified atom stereocenters. The van der Waals surface area contributed by atoms with E-state index in [1.165, 1.54) is 51.7 Å². The molecule has 0 saturated carbocycles. The van der Waals surface area contributed by atoms with Crippen molar-refractivity contribution in [2.24, 2.45) is 11.8 Å². The van der Waals surface area contributed by atoms with E-state index < -0.39 is 0 Å². The predicted molar refractivity (Wildman–Crippen MR) is 81.0 cm³/mol. The van der Waals surface area contributed by atoms with Gasteiger partial charge in [-0.1, -0.05) is 40.5 Å². The summed E-state index contributed by atoms with van der Waals surface area (Å²) in [5.41, 5.74) is 0. The minimum atomic E-state index is 0.665. The average Bonchev–Trinajstić information content (AvgIpc) is 2.55. The first-order valence-electron chi connectivity index (χ1n) is 8.13. The fourth-order valence-corrected chi connectivity index (χ4v) is 3.16. The van der Waals surface area contributed by atoms with E-state index in [1.807, 2.05) is 0 Å². The molecule has 18 heavy (non-hydrogen) atoms. The molecule has 1 rings (SSSR count). The van der Waals surface area contributed by atoms with Crippen LogP contribution in [0.4, 0.5) is 0 Å². The zero-order chi connectivity index (χ0) is 13.4. The summed E-state index contributed by atoms with van der Waals surface area (Å²) in [7, 11) is 0. The Bertz CT molecular complexity index is 203. The number of likely N-dealkylation sites (tertiary alicyclic amines) is 1. The minimum Gasteiger partial charge on any atom is -0.313 e. The van der Waals surface area contributed by atoms with E-state index in [-0.39, 0.29) is 0 Å². The maximum atomic E-state index is 3.64. The minimum absolute atomic E-state index is 0.665. The van der Waals surface area contributed by atoms with Gasteiger partial charge < -0.3 is 10.2 Å². The number of likely N-dealkylation sites (N-methyl/N-ethyl adjacent to an activating group) is 1. The lowest BCUT2D eigenvalue weighted by atomic mass is 9.96. The number of rotatable bonds is 7. The van der Waals surface area contributed by atoms with Crippen molar-refractivity contribution >= 4 is 0 Å². The van der Waals surface area contributed by atoms with E-state index in [0.717, 1.165) is 18.4 Å². The van der Waals surface area contributed by atoms with Crippen LogP contribution in [0.25, 0.3) is 0 Å². The summed E-state index contributed by atoms with van der Waals surface area (Å²) in [5.74, 6) is 1.73. The summed E-state index contributed by atoms with van der Waals surface area (Å²) < 4.78 is 0. The molecule has 1 aliphatic heterocycles. The second-order valence-electron chi connectivity index (χ2n) is 6.29. The SMILES string of the molecule is CCCC1CCCN(CC(NCC)C(C)C)CC1. The van der Waals surface area contributed by atoms with Crippen molar-refractivity contribution in [2.45, 2.75) is 65.8 Å². The van der Waals surface area contributed by atoms with Gasteiger partial charge in [-0.05, 0) is 50.7 Å². The summed E-state index contributed by atoms with van der Waals surface area (Å²) in [6, 6.07) is 0.665. The van der Waals surface area contributed by atoms with Crippen LogP contribution in [0.2, 0.25) is 0 Å². The first kappa shape index (κ1) is 16.0. The zero-order valence-electron chi connectivity index (χ0n) is 13.0. The molecule has 1 saturated heterocycles. The molecule has 0 amide bonds. The van der Waals surface area contributed by atoms with Crippen molar-refractivity contribution in [1.29, 1.82) is 0 Å². The molecule has 0 aromatic heterocycles. The van der Waals surface area contributed by atoms with Crippen molar-refractivity contribution in [2.75, 3.05) is 26.2 Å². The van der Waals surface area contributed by atoms with E-state index >= 15 is 0 Å². The molecule has 108 valence electrons. The van der Waals surface area contributed by atoms with Crippen LogP contribution < -0.4 is 5.32 Å². The van der Waals surface area contributed by atoms with Crippen LogP contribution >= 0.6 is 0 Å². The van der Waals surface area contributed by atoms with E-state index in [2.05, 4.69) is 37.9 Å². The van der Waals surface area contributed by atoms with Gasteiger partial charge in [0.15, 0.2) is 0 Å². The van der Waals surface area contributed by atoms with Gasteiger partial charge >= 0.3 is 0 Å². The summed E-state index contributed by atoms with van der Waals surface area (Å²) in [6.07, 6.45) is 7.08. The van der Waals surface area contributed by atoms with Gasteiger partial charge in [0.25, 0.3) is 0 Å². The second kappa shape index (κ2) is 8.92. The van der Waals surface area contributed by atoms with Crippen LogP contribution in [-0.2, 0) is 0 Å². The maximum Gasteiger partial charge on any atom is 0.0217 e.